The minimum Gasteiger partial charge on any atom is -0.497 e. The summed E-state index contributed by atoms with van der Waals surface area (Å²) in [6.07, 6.45) is -0.254. The van der Waals surface area contributed by atoms with Crippen molar-refractivity contribution in [2.45, 2.75) is 18.6 Å². The summed E-state index contributed by atoms with van der Waals surface area (Å²) in [4.78, 5) is 0. The number of aliphatic hydroxyl groups excluding tert-OH is 1. The second-order valence-electron chi connectivity index (χ2n) is 5.06. The third kappa shape index (κ3) is 2.67. The summed E-state index contributed by atoms with van der Waals surface area (Å²) >= 11 is 0. The van der Waals surface area contributed by atoms with E-state index in [1.165, 1.54) is 0 Å². The van der Waals surface area contributed by atoms with Crippen LogP contribution in [0.1, 0.15) is 17.2 Å². The summed E-state index contributed by atoms with van der Waals surface area (Å²) in [5.41, 5.74) is 1.91. The Balaban J connectivity index is 1.75. The minimum absolute atomic E-state index is 0.277. The maximum Gasteiger partial charge on any atom is 0.133 e. The number of rotatable bonds is 4. The summed E-state index contributed by atoms with van der Waals surface area (Å²) in [5, 5.41) is 10.4. The highest BCUT2D eigenvalue weighted by molar-refractivity contribution is 5.45. The smallest absolute Gasteiger partial charge is 0.133 e. The van der Waals surface area contributed by atoms with E-state index in [2.05, 4.69) is 0 Å². The van der Waals surface area contributed by atoms with Crippen LogP contribution in [-0.4, -0.2) is 25.4 Å². The number of methoxy groups -OCH3 is 2. The molecule has 3 rings (SSSR count). The van der Waals surface area contributed by atoms with Crippen molar-refractivity contribution in [1.29, 1.82) is 0 Å². The highest BCUT2D eigenvalue weighted by Gasteiger charge is 2.33. The van der Waals surface area contributed by atoms with Crippen molar-refractivity contribution in [3.63, 3.8) is 0 Å². The average molecular weight is 286 g/mol. The molecule has 0 fully saturated rings. The summed E-state index contributed by atoms with van der Waals surface area (Å²) < 4.78 is 16.2. The molecule has 1 N–H and O–H groups in total. The van der Waals surface area contributed by atoms with Gasteiger partial charge in [0.15, 0.2) is 0 Å². The van der Waals surface area contributed by atoms with Gasteiger partial charge in [0.25, 0.3) is 0 Å². The number of fused-ring (bicyclic) bond motifs is 1. The first-order valence-electron chi connectivity index (χ1n) is 6.87. The van der Waals surface area contributed by atoms with E-state index < -0.39 is 6.10 Å². The first-order valence-corrected chi connectivity index (χ1v) is 6.87. The summed E-state index contributed by atoms with van der Waals surface area (Å²) in [7, 11) is 3.25. The molecule has 0 aliphatic carbocycles. The molecular weight excluding hydrogens is 268 g/mol. The number of ether oxygens (including phenoxy) is 3. The van der Waals surface area contributed by atoms with E-state index in [0.717, 1.165) is 22.6 Å². The van der Waals surface area contributed by atoms with Crippen molar-refractivity contribution in [2.75, 3.05) is 14.2 Å². The van der Waals surface area contributed by atoms with Crippen LogP contribution in [0.3, 0.4) is 0 Å². The van der Waals surface area contributed by atoms with Crippen molar-refractivity contribution in [1.82, 2.24) is 0 Å². The Hall–Kier alpha value is -2.20. The van der Waals surface area contributed by atoms with E-state index in [1.54, 1.807) is 14.2 Å². The van der Waals surface area contributed by atoms with E-state index in [9.17, 15) is 5.11 Å². The Morgan fingerprint density at radius 2 is 1.67 bits per heavy atom. The molecule has 0 unspecified atom stereocenters. The number of hydrogen-bond acceptors (Lipinski definition) is 4. The van der Waals surface area contributed by atoms with Crippen LogP contribution in [0.15, 0.2) is 42.5 Å². The Bertz CT molecular complexity index is 621. The fourth-order valence-electron chi connectivity index (χ4n) is 2.56. The normalized spacial score (nSPS) is 19.8. The van der Waals surface area contributed by atoms with Gasteiger partial charge < -0.3 is 19.3 Å². The Labute approximate surface area is 123 Å². The molecule has 21 heavy (non-hydrogen) atoms. The molecule has 0 bridgehead atoms. The predicted octanol–water partition coefficient (Wildman–Crippen LogP) is 2.74. The molecule has 0 saturated carbocycles. The van der Waals surface area contributed by atoms with Crippen molar-refractivity contribution < 1.29 is 19.3 Å². The van der Waals surface area contributed by atoms with E-state index in [0.29, 0.717) is 12.2 Å². The summed E-state index contributed by atoms with van der Waals surface area (Å²) in [6.45, 7) is 0. The fourth-order valence-corrected chi connectivity index (χ4v) is 2.56. The molecule has 2 atom stereocenters. The largest absolute Gasteiger partial charge is 0.497 e. The molecular formula is C17H18O4. The molecule has 2 aromatic rings. The molecule has 110 valence electrons. The lowest BCUT2D eigenvalue weighted by Crippen LogP contribution is -2.21. The van der Waals surface area contributed by atoms with Crippen LogP contribution in [0, 0.1) is 0 Å². The van der Waals surface area contributed by atoms with Gasteiger partial charge in [0.2, 0.25) is 0 Å². The minimum atomic E-state index is -0.618. The number of hydrogen-bond donors (Lipinski definition) is 1. The van der Waals surface area contributed by atoms with Gasteiger partial charge in [-0.05, 0) is 29.8 Å². The van der Waals surface area contributed by atoms with Crippen LogP contribution in [0.5, 0.6) is 17.2 Å². The highest BCUT2D eigenvalue weighted by Crippen LogP contribution is 2.39. The second kappa shape index (κ2) is 5.66. The van der Waals surface area contributed by atoms with Crippen molar-refractivity contribution in [3.8, 4) is 17.2 Å². The Kier molecular flexibility index (Phi) is 3.71. The van der Waals surface area contributed by atoms with Crippen molar-refractivity contribution in [3.05, 3.63) is 53.6 Å². The third-order valence-electron chi connectivity index (χ3n) is 3.77. The van der Waals surface area contributed by atoms with Gasteiger partial charge >= 0.3 is 0 Å². The van der Waals surface area contributed by atoms with E-state index >= 15 is 0 Å². The van der Waals surface area contributed by atoms with Gasteiger partial charge in [-0.15, -0.1) is 0 Å². The molecule has 4 heteroatoms. The molecule has 1 aliphatic rings. The number of aliphatic hydroxyl groups is 1. The van der Waals surface area contributed by atoms with E-state index in [1.807, 2.05) is 42.5 Å². The molecule has 0 saturated heterocycles. The molecule has 1 heterocycles. The molecule has 0 amide bonds. The zero-order valence-corrected chi connectivity index (χ0v) is 12.1. The topological polar surface area (TPSA) is 47.9 Å². The van der Waals surface area contributed by atoms with Crippen molar-refractivity contribution in [2.24, 2.45) is 0 Å². The highest BCUT2D eigenvalue weighted by atomic mass is 16.5. The first-order chi connectivity index (χ1) is 10.2. The number of benzene rings is 2. The van der Waals surface area contributed by atoms with E-state index in [-0.39, 0.29) is 6.10 Å². The summed E-state index contributed by atoms with van der Waals surface area (Å²) in [6, 6.07) is 13.3. The average Bonchev–Trinajstić information content (AvgIpc) is 2.83. The lowest BCUT2D eigenvalue weighted by atomic mass is 10.0. The van der Waals surface area contributed by atoms with Gasteiger partial charge in [-0.25, -0.2) is 0 Å². The van der Waals surface area contributed by atoms with Gasteiger partial charge in [-0.1, -0.05) is 12.1 Å². The van der Waals surface area contributed by atoms with Crippen molar-refractivity contribution >= 4 is 0 Å². The molecule has 2 aromatic carbocycles. The van der Waals surface area contributed by atoms with Crippen LogP contribution < -0.4 is 14.2 Å². The van der Waals surface area contributed by atoms with Crippen LogP contribution in [0.2, 0.25) is 0 Å². The Morgan fingerprint density at radius 3 is 2.33 bits per heavy atom. The second-order valence-corrected chi connectivity index (χ2v) is 5.06. The predicted molar refractivity (Wildman–Crippen MR) is 79.1 cm³/mol. The van der Waals surface area contributed by atoms with Crippen LogP contribution in [0.25, 0.3) is 0 Å². The molecule has 0 aromatic heterocycles. The first kappa shape index (κ1) is 13.8. The van der Waals surface area contributed by atoms with Gasteiger partial charge in [0, 0.05) is 18.1 Å². The maximum absolute atomic E-state index is 10.4. The van der Waals surface area contributed by atoms with Gasteiger partial charge in [0.1, 0.15) is 29.5 Å². The summed E-state index contributed by atoms with van der Waals surface area (Å²) in [5.74, 6) is 2.24. The van der Waals surface area contributed by atoms with Gasteiger partial charge in [0.05, 0.1) is 14.2 Å². The maximum atomic E-state index is 10.4. The fraction of sp³-hybridized carbons (Fsp3) is 0.294. The lowest BCUT2D eigenvalue weighted by molar-refractivity contribution is 0.0678. The molecule has 0 spiro atoms. The lowest BCUT2D eigenvalue weighted by Gasteiger charge is -2.14. The molecule has 4 nitrogen and oxygen atoms in total. The van der Waals surface area contributed by atoms with Crippen LogP contribution in [0.4, 0.5) is 0 Å². The van der Waals surface area contributed by atoms with Gasteiger partial charge in [-0.2, -0.15) is 0 Å². The molecule has 1 aliphatic heterocycles. The zero-order valence-electron chi connectivity index (χ0n) is 12.1. The van der Waals surface area contributed by atoms with Crippen LogP contribution >= 0.6 is 0 Å². The quantitative estimate of drug-likeness (QED) is 0.939. The molecule has 0 radical (unpaired) electrons. The zero-order chi connectivity index (χ0) is 14.8. The monoisotopic (exact) mass is 286 g/mol. The van der Waals surface area contributed by atoms with Crippen LogP contribution in [-0.2, 0) is 6.42 Å². The van der Waals surface area contributed by atoms with Gasteiger partial charge in [-0.3, -0.25) is 0 Å². The standard InChI is InChI=1S/C17H18O4/c1-19-12-5-3-11(4-6-12)9-16-17(18)14-8-7-13(20-2)10-15(14)21-16/h3-8,10,16-18H,9H2,1-2H3/t16-,17+/m0/s1. The van der Waals surface area contributed by atoms with E-state index in [4.69, 9.17) is 14.2 Å². The third-order valence-corrected chi connectivity index (χ3v) is 3.77. The SMILES string of the molecule is COc1ccc(C[C@@H]2Oc3cc(OC)ccc3[C@H]2O)cc1. The Morgan fingerprint density at radius 1 is 1.00 bits per heavy atom.